The third-order valence-electron chi connectivity index (χ3n) is 2.99. The number of ether oxygens (including phenoxy) is 2. The Morgan fingerprint density at radius 3 is 2.27 bits per heavy atom. The van der Waals surface area contributed by atoms with Gasteiger partial charge in [-0.15, -0.1) is 0 Å². The summed E-state index contributed by atoms with van der Waals surface area (Å²) in [5.74, 6) is -0.879. The first-order valence-corrected chi connectivity index (χ1v) is 6.32. The van der Waals surface area contributed by atoms with Gasteiger partial charge in [0.2, 0.25) is 0 Å². The van der Waals surface area contributed by atoms with Gasteiger partial charge in [-0.25, -0.2) is 4.39 Å². The quantitative estimate of drug-likeness (QED) is 0.942. The number of amides is 1. The molecule has 0 saturated carbocycles. The zero-order valence-corrected chi connectivity index (χ0v) is 12.0. The van der Waals surface area contributed by atoms with E-state index in [9.17, 15) is 9.18 Å². The summed E-state index contributed by atoms with van der Waals surface area (Å²) in [6.07, 6.45) is 0. The molecule has 0 aliphatic rings. The number of methoxy groups -OCH3 is 2. The maximum atomic E-state index is 14.0. The Labute approximate surface area is 126 Å². The van der Waals surface area contributed by atoms with Gasteiger partial charge in [-0.2, -0.15) is 5.26 Å². The number of nitriles is 1. The minimum absolute atomic E-state index is 0.165. The van der Waals surface area contributed by atoms with E-state index in [2.05, 4.69) is 5.32 Å². The van der Waals surface area contributed by atoms with Crippen LogP contribution in [0, 0.1) is 17.1 Å². The fraction of sp³-hybridized carbons (Fsp3) is 0.125. The molecule has 0 aliphatic carbocycles. The fourth-order valence-corrected chi connectivity index (χ4v) is 1.85. The summed E-state index contributed by atoms with van der Waals surface area (Å²) in [5.41, 5.74) is 0.760. The molecule has 0 heterocycles. The number of anilines is 1. The van der Waals surface area contributed by atoms with E-state index in [-0.39, 0.29) is 17.1 Å². The van der Waals surface area contributed by atoms with E-state index in [1.54, 1.807) is 24.3 Å². The van der Waals surface area contributed by atoms with Crippen LogP contribution in [-0.4, -0.2) is 20.1 Å². The second kappa shape index (κ2) is 6.59. The van der Waals surface area contributed by atoms with Gasteiger partial charge in [0.1, 0.15) is 5.82 Å². The van der Waals surface area contributed by atoms with E-state index >= 15 is 0 Å². The zero-order chi connectivity index (χ0) is 16.1. The SMILES string of the molecule is COc1cc(F)c(C(=O)Nc2ccc(C#N)cc2)cc1OC. The van der Waals surface area contributed by atoms with Crippen molar-refractivity contribution in [2.75, 3.05) is 19.5 Å². The molecule has 0 aliphatic heterocycles. The number of halogens is 1. The van der Waals surface area contributed by atoms with Gasteiger partial charge >= 0.3 is 0 Å². The van der Waals surface area contributed by atoms with Crippen LogP contribution < -0.4 is 14.8 Å². The van der Waals surface area contributed by atoms with Crippen molar-refractivity contribution in [2.45, 2.75) is 0 Å². The van der Waals surface area contributed by atoms with Gasteiger partial charge < -0.3 is 14.8 Å². The summed E-state index contributed by atoms with van der Waals surface area (Å²) in [6.45, 7) is 0. The minimum Gasteiger partial charge on any atom is -0.493 e. The molecule has 0 spiro atoms. The highest BCUT2D eigenvalue weighted by Gasteiger charge is 2.17. The van der Waals surface area contributed by atoms with Crippen LogP contribution >= 0.6 is 0 Å². The third-order valence-corrected chi connectivity index (χ3v) is 2.99. The number of carbonyl (C=O) groups is 1. The molecule has 0 atom stereocenters. The molecule has 5 nitrogen and oxygen atoms in total. The van der Waals surface area contributed by atoms with Crippen LogP contribution in [0.15, 0.2) is 36.4 Å². The molecule has 112 valence electrons. The maximum absolute atomic E-state index is 14.0. The van der Waals surface area contributed by atoms with Gasteiger partial charge in [0.25, 0.3) is 5.91 Å². The first kappa shape index (κ1) is 15.3. The lowest BCUT2D eigenvalue weighted by Crippen LogP contribution is -2.14. The van der Waals surface area contributed by atoms with Crippen LogP contribution in [-0.2, 0) is 0 Å². The number of carbonyl (C=O) groups excluding carboxylic acids is 1. The Balaban J connectivity index is 2.27. The lowest BCUT2D eigenvalue weighted by Gasteiger charge is -2.11. The predicted octanol–water partition coefficient (Wildman–Crippen LogP) is 2.97. The van der Waals surface area contributed by atoms with Crippen molar-refractivity contribution >= 4 is 11.6 Å². The molecule has 1 amide bonds. The van der Waals surface area contributed by atoms with Crippen molar-refractivity contribution in [3.05, 3.63) is 53.3 Å². The Hall–Kier alpha value is -3.07. The molecule has 0 fully saturated rings. The molecule has 0 bridgehead atoms. The third kappa shape index (κ3) is 3.15. The normalized spacial score (nSPS) is 9.73. The van der Waals surface area contributed by atoms with Crippen LogP contribution in [0.5, 0.6) is 11.5 Å². The van der Waals surface area contributed by atoms with E-state index in [1.165, 1.54) is 20.3 Å². The summed E-state index contributed by atoms with van der Waals surface area (Å²) in [4.78, 5) is 12.1. The number of nitrogens with zero attached hydrogens (tertiary/aromatic N) is 1. The van der Waals surface area contributed by atoms with Gasteiger partial charge in [0.15, 0.2) is 11.5 Å². The highest BCUT2D eigenvalue weighted by atomic mass is 19.1. The highest BCUT2D eigenvalue weighted by molar-refractivity contribution is 6.04. The van der Waals surface area contributed by atoms with E-state index < -0.39 is 11.7 Å². The predicted molar refractivity (Wildman–Crippen MR) is 78.6 cm³/mol. The minimum atomic E-state index is -0.719. The van der Waals surface area contributed by atoms with Crippen LogP contribution in [0.1, 0.15) is 15.9 Å². The molecule has 2 aromatic carbocycles. The number of hydrogen-bond donors (Lipinski definition) is 1. The van der Waals surface area contributed by atoms with Crippen molar-refractivity contribution in [3.63, 3.8) is 0 Å². The molecular formula is C16H13FN2O3. The molecule has 0 saturated heterocycles. The molecular weight excluding hydrogens is 287 g/mol. The fourth-order valence-electron chi connectivity index (χ4n) is 1.85. The Morgan fingerprint density at radius 2 is 1.73 bits per heavy atom. The highest BCUT2D eigenvalue weighted by Crippen LogP contribution is 2.30. The smallest absolute Gasteiger partial charge is 0.258 e. The summed E-state index contributed by atoms with van der Waals surface area (Å²) in [7, 11) is 2.78. The standard InChI is InChI=1S/C16H13FN2O3/c1-21-14-7-12(13(17)8-15(14)22-2)16(20)19-11-5-3-10(9-18)4-6-11/h3-8H,1-2H3,(H,19,20). The Bertz CT molecular complexity index is 736. The van der Waals surface area contributed by atoms with Gasteiger partial charge in [-0.3, -0.25) is 4.79 Å². The topological polar surface area (TPSA) is 71.3 Å². The molecule has 1 N–H and O–H groups in total. The summed E-state index contributed by atoms with van der Waals surface area (Å²) >= 11 is 0. The number of benzene rings is 2. The summed E-state index contributed by atoms with van der Waals surface area (Å²) in [5, 5.41) is 11.3. The largest absolute Gasteiger partial charge is 0.493 e. The van der Waals surface area contributed by atoms with Crippen LogP contribution in [0.2, 0.25) is 0 Å². The first-order chi connectivity index (χ1) is 10.6. The van der Waals surface area contributed by atoms with Gasteiger partial charge in [-0.05, 0) is 30.3 Å². The van der Waals surface area contributed by atoms with Gasteiger partial charge in [-0.1, -0.05) is 0 Å². The Kier molecular flexibility index (Phi) is 4.59. The van der Waals surface area contributed by atoms with Crippen molar-refractivity contribution in [1.29, 1.82) is 5.26 Å². The van der Waals surface area contributed by atoms with Gasteiger partial charge in [0.05, 0.1) is 31.4 Å². The monoisotopic (exact) mass is 300 g/mol. The summed E-state index contributed by atoms with van der Waals surface area (Å²) < 4.78 is 24.0. The molecule has 2 rings (SSSR count). The van der Waals surface area contributed by atoms with E-state index in [1.807, 2.05) is 6.07 Å². The molecule has 2 aromatic rings. The average molecular weight is 300 g/mol. The van der Waals surface area contributed by atoms with Crippen LogP contribution in [0.4, 0.5) is 10.1 Å². The average Bonchev–Trinajstić information content (AvgIpc) is 2.55. The first-order valence-electron chi connectivity index (χ1n) is 6.32. The molecule has 0 radical (unpaired) electrons. The molecule has 6 heteroatoms. The maximum Gasteiger partial charge on any atom is 0.258 e. The Morgan fingerprint density at radius 1 is 1.14 bits per heavy atom. The molecule has 22 heavy (non-hydrogen) atoms. The van der Waals surface area contributed by atoms with Crippen molar-refractivity contribution in [1.82, 2.24) is 0 Å². The van der Waals surface area contributed by atoms with E-state index in [0.717, 1.165) is 6.07 Å². The zero-order valence-electron chi connectivity index (χ0n) is 12.0. The van der Waals surface area contributed by atoms with Crippen molar-refractivity contribution < 1.29 is 18.7 Å². The van der Waals surface area contributed by atoms with Gasteiger partial charge in [0, 0.05) is 11.8 Å². The number of rotatable bonds is 4. The van der Waals surface area contributed by atoms with E-state index in [4.69, 9.17) is 14.7 Å². The lowest BCUT2D eigenvalue weighted by atomic mass is 10.1. The van der Waals surface area contributed by atoms with E-state index in [0.29, 0.717) is 11.3 Å². The van der Waals surface area contributed by atoms with Crippen molar-refractivity contribution in [2.24, 2.45) is 0 Å². The second-order valence-corrected chi connectivity index (χ2v) is 4.33. The second-order valence-electron chi connectivity index (χ2n) is 4.33. The van der Waals surface area contributed by atoms with Crippen LogP contribution in [0.25, 0.3) is 0 Å². The number of hydrogen-bond acceptors (Lipinski definition) is 4. The molecule has 0 aromatic heterocycles. The summed E-state index contributed by atoms with van der Waals surface area (Å²) in [6, 6.07) is 10.6. The molecule has 0 unspecified atom stereocenters. The van der Waals surface area contributed by atoms with Crippen molar-refractivity contribution in [3.8, 4) is 17.6 Å². The van der Waals surface area contributed by atoms with Crippen LogP contribution in [0.3, 0.4) is 0 Å². The number of nitrogens with one attached hydrogen (secondary N) is 1. The lowest BCUT2D eigenvalue weighted by molar-refractivity contribution is 0.102.